The number of halogens is 1. The van der Waals surface area contributed by atoms with Crippen molar-refractivity contribution in [3.05, 3.63) is 22.7 Å². The largest absolute Gasteiger partial charge is 0.398 e. The van der Waals surface area contributed by atoms with Gasteiger partial charge in [-0.05, 0) is 24.6 Å². The maximum atomic E-state index is 10.8. The zero-order valence-electron chi connectivity index (χ0n) is 6.78. The summed E-state index contributed by atoms with van der Waals surface area (Å²) in [6, 6.07) is 2.58. The molecule has 0 fully saturated rings. The lowest BCUT2D eigenvalue weighted by Gasteiger charge is -2.05. The Kier molecular flexibility index (Phi) is 2.51. The molecule has 0 heterocycles. The van der Waals surface area contributed by atoms with E-state index in [2.05, 4.69) is 0 Å². The molecule has 0 aliphatic carbocycles. The van der Waals surface area contributed by atoms with Gasteiger partial charge in [0.15, 0.2) is 0 Å². The summed E-state index contributed by atoms with van der Waals surface area (Å²) in [4.78, 5) is -0.252. The van der Waals surface area contributed by atoms with Crippen LogP contribution in [0, 0.1) is 6.92 Å². The minimum Gasteiger partial charge on any atom is -0.398 e. The van der Waals surface area contributed by atoms with Crippen molar-refractivity contribution in [2.75, 3.05) is 5.73 Å². The van der Waals surface area contributed by atoms with Gasteiger partial charge in [0.2, 0.25) is 0 Å². The van der Waals surface area contributed by atoms with Crippen molar-refractivity contribution < 1.29 is 13.0 Å². The molecule has 0 atom stereocenters. The second kappa shape index (κ2) is 3.17. The Hall–Kier alpha value is -0.780. The van der Waals surface area contributed by atoms with Gasteiger partial charge in [-0.15, -0.1) is 0 Å². The van der Waals surface area contributed by atoms with Crippen molar-refractivity contribution in [3.63, 3.8) is 0 Å². The number of benzene rings is 1. The van der Waals surface area contributed by atoms with Crippen molar-refractivity contribution >= 4 is 27.4 Å². The predicted octanol–water partition coefficient (Wildman–Crippen LogP) is 1.48. The van der Waals surface area contributed by atoms with E-state index in [9.17, 15) is 8.42 Å². The van der Waals surface area contributed by atoms with Crippen molar-refractivity contribution in [2.24, 2.45) is 0 Å². The molecule has 4 nitrogen and oxygen atoms in total. The average Bonchev–Trinajstić information content (AvgIpc) is 1.94. The molecular formula is C7H8ClNO3S. The fourth-order valence-electron chi connectivity index (χ4n) is 0.942. The molecule has 1 rings (SSSR count). The molecule has 0 unspecified atom stereocenters. The Morgan fingerprint density at radius 1 is 1.46 bits per heavy atom. The highest BCUT2D eigenvalue weighted by Gasteiger charge is 2.15. The fourth-order valence-corrected chi connectivity index (χ4v) is 2.01. The van der Waals surface area contributed by atoms with Crippen LogP contribution in [0.25, 0.3) is 0 Å². The monoisotopic (exact) mass is 221 g/mol. The molecule has 13 heavy (non-hydrogen) atoms. The quantitative estimate of drug-likeness (QED) is 0.556. The molecule has 0 saturated carbocycles. The first kappa shape index (κ1) is 10.3. The molecule has 3 N–H and O–H groups in total. The maximum absolute atomic E-state index is 10.8. The van der Waals surface area contributed by atoms with Crippen LogP contribution in [0.5, 0.6) is 0 Å². The lowest BCUT2D eigenvalue weighted by atomic mass is 10.2. The first-order chi connectivity index (χ1) is 5.82. The van der Waals surface area contributed by atoms with Crippen LogP contribution in [-0.4, -0.2) is 13.0 Å². The molecule has 0 radical (unpaired) electrons. The lowest BCUT2D eigenvalue weighted by Crippen LogP contribution is -2.03. The van der Waals surface area contributed by atoms with E-state index in [0.717, 1.165) is 6.07 Å². The van der Waals surface area contributed by atoms with Crippen LogP contribution in [0.1, 0.15) is 5.56 Å². The zero-order chi connectivity index (χ0) is 10.2. The number of hydrogen-bond acceptors (Lipinski definition) is 3. The van der Waals surface area contributed by atoms with Gasteiger partial charge in [-0.2, -0.15) is 8.42 Å². The standard InChI is InChI=1S/C7H8ClNO3S/c1-4-6(9)2-5(8)3-7(4)13(10,11)12/h2-3H,9H2,1H3,(H,10,11,12). The van der Waals surface area contributed by atoms with Gasteiger partial charge in [0.25, 0.3) is 10.1 Å². The summed E-state index contributed by atoms with van der Waals surface area (Å²) >= 11 is 5.57. The molecule has 0 bridgehead atoms. The van der Waals surface area contributed by atoms with E-state index in [1.165, 1.54) is 13.0 Å². The summed E-state index contributed by atoms with van der Waals surface area (Å²) in [7, 11) is -4.24. The third-order valence-electron chi connectivity index (χ3n) is 1.64. The molecule has 6 heteroatoms. The molecular weight excluding hydrogens is 214 g/mol. The number of nitrogen functional groups attached to an aromatic ring is 1. The molecule has 1 aromatic rings. The van der Waals surface area contributed by atoms with Crippen molar-refractivity contribution in [3.8, 4) is 0 Å². The highest BCUT2D eigenvalue weighted by Crippen LogP contribution is 2.25. The minimum atomic E-state index is -4.24. The number of hydrogen-bond donors (Lipinski definition) is 2. The Bertz CT molecular complexity index is 441. The highest BCUT2D eigenvalue weighted by atomic mass is 35.5. The first-order valence-electron chi connectivity index (χ1n) is 3.35. The van der Waals surface area contributed by atoms with Gasteiger partial charge in [-0.1, -0.05) is 11.6 Å². The smallest absolute Gasteiger partial charge is 0.294 e. The maximum Gasteiger partial charge on any atom is 0.294 e. The SMILES string of the molecule is Cc1c(N)cc(Cl)cc1S(=O)(=O)O. The minimum absolute atomic E-state index is 0.177. The van der Waals surface area contributed by atoms with Crippen molar-refractivity contribution in [1.82, 2.24) is 0 Å². The van der Waals surface area contributed by atoms with E-state index in [1.807, 2.05) is 0 Å². The van der Waals surface area contributed by atoms with Gasteiger partial charge in [0.1, 0.15) is 4.90 Å². The number of rotatable bonds is 1. The van der Waals surface area contributed by atoms with Crippen LogP contribution in [0.2, 0.25) is 5.02 Å². The predicted molar refractivity (Wildman–Crippen MR) is 50.4 cm³/mol. The summed E-state index contributed by atoms with van der Waals surface area (Å²) in [5.41, 5.74) is 5.99. The second-order valence-corrected chi connectivity index (χ2v) is 4.42. The molecule has 0 aliphatic rings. The number of anilines is 1. The van der Waals surface area contributed by atoms with Gasteiger partial charge in [0.05, 0.1) is 0 Å². The fraction of sp³-hybridized carbons (Fsp3) is 0.143. The molecule has 0 aromatic heterocycles. The second-order valence-electron chi connectivity index (χ2n) is 2.59. The van der Waals surface area contributed by atoms with E-state index >= 15 is 0 Å². The molecule has 72 valence electrons. The zero-order valence-corrected chi connectivity index (χ0v) is 8.35. The van der Waals surface area contributed by atoms with Crippen LogP contribution >= 0.6 is 11.6 Å². The number of nitrogens with two attached hydrogens (primary N) is 1. The van der Waals surface area contributed by atoms with E-state index in [-0.39, 0.29) is 15.6 Å². The van der Waals surface area contributed by atoms with E-state index in [1.54, 1.807) is 0 Å². The Morgan fingerprint density at radius 3 is 2.46 bits per heavy atom. The lowest BCUT2D eigenvalue weighted by molar-refractivity contribution is 0.482. The van der Waals surface area contributed by atoms with E-state index < -0.39 is 10.1 Å². The summed E-state index contributed by atoms with van der Waals surface area (Å²) in [5, 5.41) is 0.177. The van der Waals surface area contributed by atoms with Gasteiger partial charge >= 0.3 is 0 Å². The third kappa shape index (κ3) is 2.12. The first-order valence-corrected chi connectivity index (χ1v) is 5.17. The molecule has 0 aliphatic heterocycles. The van der Waals surface area contributed by atoms with Gasteiger partial charge < -0.3 is 5.73 Å². The van der Waals surface area contributed by atoms with Crippen molar-refractivity contribution in [1.29, 1.82) is 0 Å². The van der Waals surface area contributed by atoms with Crippen LogP contribution in [-0.2, 0) is 10.1 Å². The van der Waals surface area contributed by atoms with Gasteiger partial charge in [-0.3, -0.25) is 4.55 Å². The summed E-state index contributed by atoms with van der Waals surface area (Å²) in [5.74, 6) is 0. The molecule has 0 amide bonds. The Balaban J connectivity index is 3.56. The molecule has 1 aromatic carbocycles. The normalized spacial score (nSPS) is 11.6. The average molecular weight is 222 g/mol. The van der Waals surface area contributed by atoms with Crippen LogP contribution in [0.3, 0.4) is 0 Å². The summed E-state index contributed by atoms with van der Waals surface area (Å²) < 4.78 is 30.4. The van der Waals surface area contributed by atoms with E-state index in [0.29, 0.717) is 5.56 Å². The van der Waals surface area contributed by atoms with Crippen molar-refractivity contribution in [2.45, 2.75) is 11.8 Å². The van der Waals surface area contributed by atoms with Crippen LogP contribution in [0.4, 0.5) is 5.69 Å². The Labute approximate surface area is 81.1 Å². The molecule has 0 spiro atoms. The van der Waals surface area contributed by atoms with Gasteiger partial charge in [-0.25, -0.2) is 0 Å². The highest BCUT2D eigenvalue weighted by molar-refractivity contribution is 7.85. The van der Waals surface area contributed by atoms with Crippen LogP contribution < -0.4 is 5.73 Å². The summed E-state index contributed by atoms with van der Waals surface area (Å²) in [6.45, 7) is 1.49. The van der Waals surface area contributed by atoms with Crippen LogP contribution in [0.15, 0.2) is 17.0 Å². The third-order valence-corrected chi connectivity index (χ3v) is 2.84. The summed E-state index contributed by atoms with van der Waals surface area (Å²) in [6.07, 6.45) is 0. The van der Waals surface area contributed by atoms with Gasteiger partial charge in [0, 0.05) is 10.7 Å². The Morgan fingerprint density at radius 2 is 2.00 bits per heavy atom. The molecule has 0 saturated heterocycles. The topological polar surface area (TPSA) is 80.4 Å². The van der Waals surface area contributed by atoms with E-state index in [4.69, 9.17) is 21.9 Å².